The number of nitrogens with zero attached hydrogens (tertiary/aromatic N) is 2. The number of amides is 1. The minimum atomic E-state index is 0.0643. The SMILES string of the molecule is C[C@@H]1CN(CC(=O)N2c3ccccc3SC[C@@H]2c2ccccc2)C[C@H](C)O1. The average Bonchev–Trinajstić information content (AvgIpc) is 2.67. The Morgan fingerprint density at radius 3 is 2.44 bits per heavy atom. The van der Waals surface area contributed by atoms with Crippen LogP contribution >= 0.6 is 11.8 Å². The molecule has 4 nitrogen and oxygen atoms in total. The first kappa shape index (κ1) is 18.5. The number of hydrogen-bond acceptors (Lipinski definition) is 4. The highest BCUT2D eigenvalue weighted by Gasteiger charge is 2.34. The highest BCUT2D eigenvalue weighted by atomic mass is 32.2. The zero-order valence-corrected chi connectivity index (χ0v) is 16.7. The van der Waals surface area contributed by atoms with Gasteiger partial charge in [0.2, 0.25) is 5.91 Å². The molecule has 2 aliphatic rings. The van der Waals surface area contributed by atoms with Crippen molar-refractivity contribution >= 4 is 23.4 Å². The molecule has 2 heterocycles. The summed E-state index contributed by atoms with van der Waals surface area (Å²) in [6.07, 6.45) is 0.325. The van der Waals surface area contributed by atoms with E-state index in [4.69, 9.17) is 4.74 Å². The molecular formula is C22H26N2O2S. The van der Waals surface area contributed by atoms with Crippen LogP contribution < -0.4 is 4.90 Å². The molecule has 0 aromatic heterocycles. The zero-order chi connectivity index (χ0) is 18.8. The highest BCUT2D eigenvalue weighted by molar-refractivity contribution is 7.99. The number of anilines is 1. The van der Waals surface area contributed by atoms with E-state index >= 15 is 0 Å². The van der Waals surface area contributed by atoms with Gasteiger partial charge < -0.3 is 9.64 Å². The maximum atomic E-state index is 13.5. The van der Waals surface area contributed by atoms with Gasteiger partial charge in [-0.3, -0.25) is 9.69 Å². The van der Waals surface area contributed by atoms with Gasteiger partial charge in [-0.1, -0.05) is 42.5 Å². The quantitative estimate of drug-likeness (QED) is 0.804. The molecular weight excluding hydrogens is 356 g/mol. The second-order valence-corrected chi connectivity index (χ2v) is 8.48. The van der Waals surface area contributed by atoms with Crippen molar-refractivity contribution in [2.75, 3.05) is 30.3 Å². The molecule has 0 spiro atoms. The minimum absolute atomic E-state index is 0.0643. The molecule has 4 rings (SSSR count). The summed E-state index contributed by atoms with van der Waals surface area (Å²) in [6, 6.07) is 18.7. The first-order valence-corrected chi connectivity index (χ1v) is 10.6. The maximum absolute atomic E-state index is 13.5. The molecule has 0 N–H and O–H groups in total. The van der Waals surface area contributed by atoms with Crippen molar-refractivity contribution < 1.29 is 9.53 Å². The molecule has 0 aliphatic carbocycles. The van der Waals surface area contributed by atoms with Gasteiger partial charge in [0, 0.05) is 23.7 Å². The number of thioether (sulfide) groups is 1. The lowest BCUT2D eigenvalue weighted by molar-refractivity contribution is -0.124. The predicted molar refractivity (Wildman–Crippen MR) is 110 cm³/mol. The van der Waals surface area contributed by atoms with Gasteiger partial charge in [0.1, 0.15) is 0 Å². The molecule has 5 heteroatoms. The molecule has 3 atom stereocenters. The van der Waals surface area contributed by atoms with Gasteiger partial charge in [-0.2, -0.15) is 0 Å². The molecule has 2 aromatic rings. The second kappa shape index (κ2) is 8.05. The van der Waals surface area contributed by atoms with Crippen LogP contribution in [0, 0.1) is 0 Å². The van der Waals surface area contributed by atoms with Gasteiger partial charge in [0.05, 0.1) is 30.5 Å². The van der Waals surface area contributed by atoms with Crippen molar-refractivity contribution in [1.82, 2.24) is 4.90 Å². The van der Waals surface area contributed by atoms with E-state index in [2.05, 4.69) is 55.1 Å². The van der Waals surface area contributed by atoms with E-state index in [-0.39, 0.29) is 24.2 Å². The highest BCUT2D eigenvalue weighted by Crippen LogP contribution is 2.43. The van der Waals surface area contributed by atoms with Crippen molar-refractivity contribution in [3.8, 4) is 0 Å². The van der Waals surface area contributed by atoms with Gasteiger partial charge in [0.25, 0.3) is 0 Å². The van der Waals surface area contributed by atoms with Crippen LogP contribution in [0.5, 0.6) is 0 Å². The molecule has 1 amide bonds. The van der Waals surface area contributed by atoms with E-state index in [1.54, 1.807) is 0 Å². The average molecular weight is 383 g/mol. The molecule has 1 saturated heterocycles. The first-order chi connectivity index (χ1) is 13.1. The van der Waals surface area contributed by atoms with Crippen molar-refractivity contribution in [1.29, 1.82) is 0 Å². The van der Waals surface area contributed by atoms with Crippen LogP contribution in [0.1, 0.15) is 25.5 Å². The third kappa shape index (κ3) is 4.05. The van der Waals surface area contributed by atoms with Crippen LogP contribution in [0.2, 0.25) is 0 Å². The summed E-state index contributed by atoms with van der Waals surface area (Å²) in [6.45, 7) is 6.19. The Labute approximate surface area is 165 Å². The lowest BCUT2D eigenvalue weighted by Gasteiger charge is -2.40. The van der Waals surface area contributed by atoms with Crippen LogP contribution in [0.25, 0.3) is 0 Å². The minimum Gasteiger partial charge on any atom is -0.373 e. The lowest BCUT2D eigenvalue weighted by Crippen LogP contribution is -2.51. The summed E-state index contributed by atoms with van der Waals surface area (Å²) >= 11 is 1.83. The molecule has 0 unspecified atom stereocenters. The van der Waals surface area contributed by atoms with Crippen molar-refractivity contribution in [3.05, 3.63) is 60.2 Å². The Morgan fingerprint density at radius 1 is 1.04 bits per heavy atom. The Morgan fingerprint density at radius 2 is 1.70 bits per heavy atom. The van der Waals surface area contributed by atoms with E-state index in [1.165, 1.54) is 10.5 Å². The van der Waals surface area contributed by atoms with Crippen LogP contribution in [-0.2, 0) is 9.53 Å². The van der Waals surface area contributed by atoms with Gasteiger partial charge >= 0.3 is 0 Å². The van der Waals surface area contributed by atoms with Crippen molar-refractivity contribution in [3.63, 3.8) is 0 Å². The fourth-order valence-corrected chi connectivity index (χ4v) is 5.27. The Bertz CT molecular complexity index is 788. The summed E-state index contributed by atoms with van der Waals surface area (Å²) in [5, 5.41) is 0. The first-order valence-electron chi connectivity index (χ1n) is 9.58. The van der Waals surface area contributed by atoms with E-state index < -0.39 is 0 Å². The standard InChI is InChI=1S/C22H26N2O2S/c1-16-12-23(13-17(2)26-16)14-22(25)24-19-10-6-7-11-21(19)27-15-20(24)18-8-4-3-5-9-18/h3-11,16-17,20H,12-15H2,1-2H3/t16-,17+,20-/m1/s1. The summed E-state index contributed by atoms with van der Waals surface area (Å²) in [7, 11) is 0. The van der Waals surface area contributed by atoms with E-state index in [9.17, 15) is 4.79 Å². The van der Waals surface area contributed by atoms with Gasteiger partial charge in [0.15, 0.2) is 0 Å². The fraction of sp³-hybridized carbons (Fsp3) is 0.409. The summed E-state index contributed by atoms with van der Waals surface area (Å²) in [4.78, 5) is 18.9. The molecule has 1 fully saturated rings. The van der Waals surface area contributed by atoms with Crippen LogP contribution in [-0.4, -0.2) is 48.4 Å². The fourth-order valence-electron chi connectivity index (χ4n) is 4.10. The normalized spacial score (nSPS) is 25.9. The number of ether oxygens (including phenoxy) is 1. The van der Waals surface area contributed by atoms with Crippen LogP contribution in [0.15, 0.2) is 59.5 Å². The second-order valence-electron chi connectivity index (χ2n) is 7.42. The summed E-state index contributed by atoms with van der Waals surface area (Å²) in [5.74, 6) is 1.04. The lowest BCUT2D eigenvalue weighted by atomic mass is 10.0. The Balaban J connectivity index is 1.62. The van der Waals surface area contributed by atoms with Gasteiger partial charge in [-0.15, -0.1) is 11.8 Å². The van der Waals surface area contributed by atoms with Crippen LogP contribution in [0.4, 0.5) is 5.69 Å². The third-order valence-electron chi connectivity index (χ3n) is 5.14. The summed E-state index contributed by atoms with van der Waals surface area (Å²) < 4.78 is 5.82. The number of para-hydroxylation sites is 1. The molecule has 2 aliphatic heterocycles. The monoisotopic (exact) mass is 382 g/mol. The topological polar surface area (TPSA) is 32.8 Å². The number of rotatable bonds is 3. The largest absolute Gasteiger partial charge is 0.373 e. The number of morpholine rings is 1. The Kier molecular flexibility index (Phi) is 5.53. The van der Waals surface area contributed by atoms with E-state index in [1.807, 2.05) is 34.9 Å². The van der Waals surface area contributed by atoms with Crippen molar-refractivity contribution in [2.24, 2.45) is 0 Å². The number of fused-ring (bicyclic) bond motifs is 1. The smallest absolute Gasteiger partial charge is 0.241 e. The third-order valence-corrected chi connectivity index (χ3v) is 6.28. The number of benzene rings is 2. The van der Waals surface area contributed by atoms with Gasteiger partial charge in [-0.05, 0) is 31.5 Å². The Hall–Kier alpha value is -1.82. The zero-order valence-electron chi connectivity index (χ0n) is 15.9. The maximum Gasteiger partial charge on any atom is 0.241 e. The van der Waals surface area contributed by atoms with Gasteiger partial charge in [-0.25, -0.2) is 0 Å². The molecule has 0 saturated carbocycles. The van der Waals surface area contributed by atoms with E-state index in [0.717, 1.165) is 24.5 Å². The number of hydrogen-bond donors (Lipinski definition) is 0. The summed E-state index contributed by atoms with van der Waals surface area (Å²) in [5.41, 5.74) is 2.22. The number of carbonyl (C=O) groups is 1. The van der Waals surface area contributed by atoms with E-state index in [0.29, 0.717) is 6.54 Å². The molecule has 2 aromatic carbocycles. The molecule has 142 valence electrons. The van der Waals surface area contributed by atoms with Crippen LogP contribution in [0.3, 0.4) is 0 Å². The molecule has 27 heavy (non-hydrogen) atoms. The molecule has 0 radical (unpaired) electrons. The predicted octanol–water partition coefficient (Wildman–Crippen LogP) is 3.98. The molecule has 0 bridgehead atoms. The van der Waals surface area contributed by atoms with Crippen molar-refractivity contribution in [2.45, 2.75) is 37.0 Å². The number of carbonyl (C=O) groups excluding carboxylic acids is 1.